The zero-order chi connectivity index (χ0) is 23.3. The van der Waals surface area contributed by atoms with Crippen molar-refractivity contribution in [1.29, 1.82) is 0 Å². The molecule has 2 N–H and O–H groups in total. The molecule has 0 heterocycles. The van der Waals surface area contributed by atoms with Gasteiger partial charge < -0.3 is 15.4 Å². The quantitative estimate of drug-likeness (QED) is 0.376. The largest absolute Gasteiger partial charge is 0.467 e. The number of carbonyl (C=O) groups excluding carboxylic acids is 3. The SMILES string of the molecule is COC(=O)[C@H](CC(C)C)NC(=O)[C@H](Cc1ccccc1)NCCSC(=O)c1ccccc1. The van der Waals surface area contributed by atoms with Crippen LogP contribution in [-0.2, 0) is 20.7 Å². The highest BCUT2D eigenvalue weighted by molar-refractivity contribution is 8.14. The summed E-state index contributed by atoms with van der Waals surface area (Å²) in [4.78, 5) is 37.5. The first kappa shape index (κ1) is 25.6. The molecule has 0 aliphatic heterocycles. The van der Waals surface area contributed by atoms with Crippen LogP contribution in [0.5, 0.6) is 0 Å². The molecule has 0 unspecified atom stereocenters. The average Bonchev–Trinajstić information content (AvgIpc) is 2.80. The lowest BCUT2D eigenvalue weighted by atomic mass is 10.0. The molecular formula is C25H32N2O4S. The third-order valence-electron chi connectivity index (χ3n) is 4.84. The molecule has 0 aliphatic rings. The molecule has 32 heavy (non-hydrogen) atoms. The maximum Gasteiger partial charge on any atom is 0.328 e. The van der Waals surface area contributed by atoms with Crippen molar-refractivity contribution in [3.05, 3.63) is 71.8 Å². The molecule has 0 spiro atoms. The fourth-order valence-corrected chi connectivity index (χ4v) is 3.95. The standard InChI is InChI=1S/C25H32N2O4S/c1-18(2)16-22(24(29)31-3)27-23(28)21(17-19-10-6-4-7-11-19)26-14-15-32-25(30)20-12-8-5-9-13-20/h4-13,18,21-22,26H,14-17H2,1-3H3,(H,27,28)/t21-,22-/m0/s1. The Bertz CT molecular complexity index is 859. The molecule has 172 valence electrons. The zero-order valence-corrected chi connectivity index (χ0v) is 19.7. The summed E-state index contributed by atoms with van der Waals surface area (Å²) in [5.74, 6) is 0.0396. The van der Waals surface area contributed by atoms with Crippen molar-refractivity contribution in [2.75, 3.05) is 19.4 Å². The number of benzene rings is 2. The summed E-state index contributed by atoms with van der Waals surface area (Å²) in [5.41, 5.74) is 1.66. The van der Waals surface area contributed by atoms with Crippen LogP contribution < -0.4 is 10.6 Å². The van der Waals surface area contributed by atoms with Crippen molar-refractivity contribution in [1.82, 2.24) is 10.6 Å². The molecule has 0 aliphatic carbocycles. The molecule has 2 atom stereocenters. The van der Waals surface area contributed by atoms with Gasteiger partial charge in [0.15, 0.2) is 0 Å². The molecule has 0 radical (unpaired) electrons. The molecule has 0 aromatic heterocycles. The van der Waals surface area contributed by atoms with E-state index in [-0.39, 0.29) is 16.9 Å². The third kappa shape index (κ3) is 8.85. The number of carbonyl (C=O) groups is 3. The molecule has 1 amide bonds. The maximum absolute atomic E-state index is 13.1. The Kier molecular flexibility index (Phi) is 11.0. The van der Waals surface area contributed by atoms with Gasteiger partial charge in [-0.3, -0.25) is 9.59 Å². The summed E-state index contributed by atoms with van der Waals surface area (Å²) in [6, 6.07) is 17.6. The smallest absolute Gasteiger partial charge is 0.328 e. The summed E-state index contributed by atoms with van der Waals surface area (Å²) >= 11 is 1.21. The molecule has 0 saturated heterocycles. The van der Waals surface area contributed by atoms with Crippen molar-refractivity contribution in [3.63, 3.8) is 0 Å². The highest BCUT2D eigenvalue weighted by Gasteiger charge is 2.27. The molecule has 0 bridgehead atoms. The number of esters is 1. The van der Waals surface area contributed by atoms with Gasteiger partial charge in [-0.1, -0.05) is 86.3 Å². The summed E-state index contributed by atoms with van der Waals surface area (Å²) < 4.78 is 4.86. The van der Waals surface area contributed by atoms with Crippen molar-refractivity contribution in [3.8, 4) is 0 Å². The Hall–Kier alpha value is -2.64. The zero-order valence-electron chi connectivity index (χ0n) is 18.9. The van der Waals surface area contributed by atoms with E-state index in [1.54, 1.807) is 12.1 Å². The minimum atomic E-state index is -0.693. The molecule has 2 aromatic carbocycles. The van der Waals surface area contributed by atoms with Crippen molar-refractivity contribution < 1.29 is 19.1 Å². The highest BCUT2D eigenvalue weighted by atomic mass is 32.2. The van der Waals surface area contributed by atoms with Crippen LogP contribution in [0.4, 0.5) is 0 Å². The van der Waals surface area contributed by atoms with E-state index in [0.717, 1.165) is 5.56 Å². The van der Waals surface area contributed by atoms with Crippen LogP contribution in [0.3, 0.4) is 0 Å². The Morgan fingerprint density at radius 3 is 2.16 bits per heavy atom. The summed E-state index contributed by atoms with van der Waals surface area (Å²) in [6.07, 6.45) is 0.970. The second-order valence-electron chi connectivity index (χ2n) is 7.91. The predicted molar refractivity (Wildman–Crippen MR) is 129 cm³/mol. The van der Waals surface area contributed by atoms with E-state index in [9.17, 15) is 14.4 Å². The van der Waals surface area contributed by atoms with Gasteiger partial charge >= 0.3 is 5.97 Å². The van der Waals surface area contributed by atoms with Gasteiger partial charge in [0.1, 0.15) is 6.04 Å². The number of amides is 1. The maximum atomic E-state index is 13.1. The minimum Gasteiger partial charge on any atom is -0.467 e. The Balaban J connectivity index is 1.99. The van der Waals surface area contributed by atoms with E-state index >= 15 is 0 Å². The molecule has 7 heteroatoms. The van der Waals surface area contributed by atoms with E-state index < -0.39 is 18.1 Å². The Morgan fingerprint density at radius 1 is 0.938 bits per heavy atom. The summed E-state index contributed by atoms with van der Waals surface area (Å²) in [6.45, 7) is 4.45. The van der Waals surface area contributed by atoms with Gasteiger partial charge in [0.05, 0.1) is 13.2 Å². The highest BCUT2D eigenvalue weighted by Crippen LogP contribution is 2.12. The van der Waals surface area contributed by atoms with E-state index in [2.05, 4.69) is 10.6 Å². The van der Waals surface area contributed by atoms with E-state index in [4.69, 9.17) is 4.74 Å². The van der Waals surface area contributed by atoms with Crippen LogP contribution in [0.15, 0.2) is 60.7 Å². The first-order chi connectivity index (χ1) is 15.4. The van der Waals surface area contributed by atoms with Gasteiger partial charge in [-0.25, -0.2) is 4.79 Å². The summed E-state index contributed by atoms with van der Waals surface area (Å²) in [7, 11) is 1.32. The second-order valence-corrected chi connectivity index (χ2v) is 8.98. The fourth-order valence-electron chi connectivity index (χ4n) is 3.24. The molecule has 0 saturated carbocycles. The third-order valence-corrected chi connectivity index (χ3v) is 5.75. The lowest BCUT2D eigenvalue weighted by Gasteiger charge is -2.23. The van der Waals surface area contributed by atoms with Crippen LogP contribution >= 0.6 is 11.8 Å². The molecule has 0 fully saturated rings. The van der Waals surface area contributed by atoms with Crippen LogP contribution in [0, 0.1) is 5.92 Å². The molecule has 2 aromatic rings. The van der Waals surface area contributed by atoms with Crippen LogP contribution in [0.1, 0.15) is 36.2 Å². The van der Waals surface area contributed by atoms with E-state index in [0.29, 0.717) is 30.7 Å². The molecule has 6 nitrogen and oxygen atoms in total. The van der Waals surface area contributed by atoms with Crippen LogP contribution in [0.25, 0.3) is 0 Å². The van der Waals surface area contributed by atoms with Gasteiger partial charge in [0.2, 0.25) is 11.0 Å². The van der Waals surface area contributed by atoms with Crippen LogP contribution in [0.2, 0.25) is 0 Å². The van der Waals surface area contributed by atoms with Crippen LogP contribution in [-0.4, -0.2) is 48.5 Å². The topological polar surface area (TPSA) is 84.5 Å². The number of hydrogen-bond acceptors (Lipinski definition) is 6. The van der Waals surface area contributed by atoms with Crippen molar-refractivity contribution >= 4 is 28.8 Å². The lowest BCUT2D eigenvalue weighted by Crippen LogP contribution is -2.52. The predicted octanol–water partition coefficient (Wildman–Crippen LogP) is 3.46. The van der Waals surface area contributed by atoms with Gasteiger partial charge in [-0.05, 0) is 24.3 Å². The number of thioether (sulfide) groups is 1. The van der Waals surface area contributed by atoms with E-state index in [1.165, 1.54) is 18.9 Å². The second kappa shape index (κ2) is 13.7. The first-order valence-electron chi connectivity index (χ1n) is 10.8. The number of nitrogens with one attached hydrogen (secondary N) is 2. The lowest BCUT2D eigenvalue weighted by molar-refractivity contribution is -0.145. The monoisotopic (exact) mass is 456 g/mol. The van der Waals surface area contributed by atoms with Crippen molar-refractivity contribution in [2.45, 2.75) is 38.8 Å². The number of methoxy groups -OCH3 is 1. The van der Waals surface area contributed by atoms with Gasteiger partial charge in [-0.2, -0.15) is 0 Å². The number of ether oxygens (including phenoxy) is 1. The van der Waals surface area contributed by atoms with Gasteiger partial charge in [0, 0.05) is 17.9 Å². The van der Waals surface area contributed by atoms with Gasteiger partial charge in [-0.15, -0.1) is 0 Å². The Morgan fingerprint density at radius 2 is 1.56 bits per heavy atom. The number of hydrogen-bond donors (Lipinski definition) is 2. The molecular weight excluding hydrogens is 424 g/mol. The molecule has 2 rings (SSSR count). The summed E-state index contributed by atoms with van der Waals surface area (Å²) in [5, 5.41) is 6.10. The minimum absolute atomic E-state index is 0.000787. The first-order valence-corrected chi connectivity index (χ1v) is 11.8. The average molecular weight is 457 g/mol. The Labute approximate surface area is 194 Å². The fraction of sp³-hybridized carbons (Fsp3) is 0.400. The normalized spacial score (nSPS) is 12.8. The van der Waals surface area contributed by atoms with Gasteiger partial charge in [0.25, 0.3) is 0 Å². The number of rotatable bonds is 12. The van der Waals surface area contributed by atoms with Crippen molar-refractivity contribution in [2.24, 2.45) is 5.92 Å². The van der Waals surface area contributed by atoms with E-state index in [1.807, 2.05) is 62.4 Å².